The second-order valence-electron chi connectivity index (χ2n) is 8.11. The zero-order valence-electron chi connectivity index (χ0n) is 19.0. The molecule has 2 rings (SSSR count). The smallest absolute Gasteiger partial charge is 0.211 e. The van der Waals surface area contributed by atoms with Crippen LogP contribution in [0.3, 0.4) is 0 Å². The number of morpholine rings is 1. The fraction of sp³-hybridized carbons (Fsp3) is 0.950. The molecule has 1 saturated heterocycles. The van der Waals surface area contributed by atoms with E-state index in [-0.39, 0.29) is 29.5 Å². The van der Waals surface area contributed by atoms with Crippen molar-refractivity contribution >= 4 is 40.0 Å². The molecule has 30 heavy (non-hydrogen) atoms. The summed E-state index contributed by atoms with van der Waals surface area (Å²) in [4.78, 5) is 7.56. The lowest BCUT2D eigenvalue weighted by atomic mass is 9.80. The molecule has 8 nitrogen and oxygen atoms in total. The largest absolute Gasteiger partial charge is 0.379 e. The van der Waals surface area contributed by atoms with Crippen molar-refractivity contribution in [1.29, 1.82) is 0 Å². The van der Waals surface area contributed by atoms with E-state index in [1.807, 2.05) is 6.92 Å². The molecule has 0 bridgehead atoms. The van der Waals surface area contributed by atoms with Crippen molar-refractivity contribution in [3.05, 3.63) is 0 Å². The fourth-order valence-corrected chi connectivity index (χ4v) is 5.34. The topological polar surface area (TPSA) is 86.3 Å². The molecule has 2 N–H and O–H groups in total. The third kappa shape index (κ3) is 8.76. The molecule has 1 aliphatic heterocycles. The van der Waals surface area contributed by atoms with Crippen LogP contribution in [0.15, 0.2) is 4.99 Å². The molecule has 0 aromatic heterocycles. The molecule has 0 radical (unpaired) electrons. The summed E-state index contributed by atoms with van der Waals surface area (Å²) in [6.45, 7) is 10.9. The Bertz CT molecular complexity index is 606. The number of hydrogen-bond donors (Lipinski definition) is 2. The predicted molar refractivity (Wildman–Crippen MR) is 134 cm³/mol. The quantitative estimate of drug-likeness (QED) is 0.184. The Morgan fingerprint density at radius 1 is 1.13 bits per heavy atom. The fourth-order valence-electron chi connectivity index (χ4n) is 4.41. The summed E-state index contributed by atoms with van der Waals surface area (Å²) in [6, 6.07) is 0. The molecule has 1 aliphatic carbocycles. The highest BCUT2D eigenvalue weighted by Gasteiger charge is 2.38. The highest BCUT2D eigenvalue weighted by Crippen LogP contribution is 2.34. The van der Waals surface area contributed by atoms with E-state index in [0.717, 1.165) is 51.8 Å². The average Bonchev–Trinajstić information content (AvgIpc) is 2.72. The zero-order chi connectivity index (χ0) is 21.2. The van der Waals surface area contributed by atoms with Crippen LogP contribution in [0.25, 0.3) is 0 Å². The number of nitrogens with one attached hydrogen (secondary N) is 2. The second-order valence-corrected chi connectivity index (χ2v) is 10.1. The number of rotatable bonds is 10. The Morgan fingerprint density at radius 3 is 2.37 bits per heavy atom. The Labute approximate surface area is 200 Å². The number of sulfonamides is 1. The zero-order valence-corrected chi connectivity index (χ0v) is 22.1. The minimum Gasteiger partial charge on any atom is -0.379 e. The van der Waals surface area contributed by atoms with Crippen molar-refractivity contribution < 1.29 is 13.2 Å². The minimum atomic E-state index is -3.13. The molecule has 1 saturated carbocycles. The molecular weight excluding hydrogens is 517 g/mol. The Kier molecular flexibility index (Phi) is 13.1. The maximum Gasteiger partial charge on any atom is 0.211 e. The van der Waals surface area contributed by atoms with Gasteiger partial charge >= 0.3 is 0 Å². The summed E-state index contributed by atoms with van der Waals surface area (Å²) >= 11 is 0. The molecule has 178 valence electrons. The standard InChI is InChI=1S/C20H41N5O3S.HI/c1-4-21-19(22-12-9-13-25(5-2)29(3,26)27)23-18-20(10-7-6-8-11-20)24-14-16-28-17-15-24;/h4-18H2,1-3H3,(H2,21,22,23);1H. The van der Waals surface area contributed by atoms with Crippen LogP contribution in [-0.4, -0.2) is 94.4 Å². The van der Waals surface area contributed by atoms with Crippen molar-refractivity contribution in [2.24, 2.45) is 4.99 Å². The van der Waals surface area contributed by atoms with Gasteiger partial charge in [-0.25, -0.2) is 12.7 Å². The number of guanidine groups is 1. The molecule has 10 heteroatoms. The first-order valence-electron chi connectivity index (χ1n) is 11.2. The van der Waals surface area contributed by atoms with Crippen molar-refractivity contribution in [3.63, 3.8) is 0 Å². The number of hydrogen-bond acceptors (Lipinski definition) is 5. The van der Waals surface area contributed by atoms with Crippen LogP contribution in [-0.2, 0) is 14.8 Å². The molecule has 0 atom stereocenters. The lowest BCUT2D eigenvalue weighted by Gasteiger charge is -2.47. The summed E-state index contributed by atoms with van der Waals surface area (Å²) in [5, 5.41) is 6.72. The second kappa shape index (κ2) is 14.1. The third-order valence-electron chi connectivity index (χ3n) is 6.04. The summed E-state index contributed by atoms with van der Waals surface area (Å²) in [5.74, 6) is 0.827. The maximum atomic E-state index is 11.7. The van der Waals surface area contributed by atoms with Gasteiger partial charge < -0.3 is 15.4 Å². The van der Waals surface area contributed by atoms with Gasteiger partial charge in [0.2, 0.25) is 10.0 Å². The van der Waals surface area contributed by atoms with E-state index >= 15 is 0 Å². The molecular formula is C20H42IN5O3S. The summed E-state index contributed by atoms with van der Waals surface area (Å²) in [5.41, 5.74) is 0.152. The Hall–Kier alpha value is -0.170. The van der Waals surface area contributed by atoms with Crippen molar-refractivity contribution in [2.45, 2.75) is 57.9 Å². The number of ether oxygens (including phenoxy) is 1. The first kappa shape index (κ1) is 27.9. The number of nitrogens with zero attached hydrogens (tertiary/aromatic N) is 3. The summed E-state index contributed by atoms with van der Waals surface area (Å²) < 4.78 is 30.5. The van der Waals surface area contributed by atoms with Crippen LogP contribution >= 0.6 is 24.0 Å². The van der Waals surface area contributed by atoms with Crippen LogP contribution in [0.2, 0.25) is 0 Å². The van der Waals surface area contributed by atoms with E-state index in [9.17, 15) is 8.42 Å². The van der Waals surface area contributed by atoms with Gasteiger partial charge in [-0.05, 0) is 26.2 Å². The monoisotopic (exact) mass is 559 g/mol. The van der Waals surface area contributed by atoms with Crippen molar-refractivity contribution in [2.75, 3.05) is 65.3 Å². The SMILES string of the molecule is CCNC(=NCC1(N2CCOCC2)CCCCC1)NCCCN(CC)S(C)(=O)=O.I. The minimum absolute atomic E-state index is 0. The normalized spacial score (nSPS) is 20.6. The highest BCUT2D eigenvalue weighted by molar-refractivity contribution is 14.0. The Balaban J connectivity index is 0.00000450. The van der Waals surface area contributed by atoms with Gasteiger partial charge in [0.1, 0.15) is 0 Å². The van der Waals surface area contributed by atoms with E-state index in [1.165, 1.54) is 42.7 Å². The van der Waals surface area contributed by atoms with Gasteiger partial charge in [0, 0.05) is 44.8 Å². The molecule has 0 unspecified atom stereocenters. The molecule has 0 amide bonds. The van der Waals surface area contributed by atoms with E-state index in [4.69, 9.17) is 9.73 Å². The van der Waals surface area contributed by atoms with Crippen LogP contribution in [0, 0.1) is 0 Å². The molecule has 0 spiro atoms. The van der Waals surface area contributed by atoms with Gasteiger partial charge in [-0.15, -0.1) is 24.0 Å². The van der Waals surface area contributed by atoms with E-state index in [2.05, 4.69) is 22.5 Å². The van der Waals surface area contributed by atoms with E-state index < -0.39 is 10.0 Å². The van der Waals surface area contributed by atoms with Gasteiger partial charge in [-0.3, -0.25) is 9.89 Å². The van der Waals surface area contributed by atoms with Crippen LogP contribution in [0.4, 0.5) is 0 Å². The molecule has 2 aliphatic rings. The van der Waals surface area contributed by atoms with Gasteiger partial charge in [0.15, 0.2) is 5.96 Å². The predicted octanol–water partition coefficient (Wildman–Crippen LogP) is 1.87. The highest BCUT2D eigenvalue weighted by atomic mass is 127. The first-order chi connectivity index (χ1) is 13.9. The van der Waals surface area contributed by atoms with Crippen LogP contribution in [0.5, 0.6) is 0 Å². The number of aliphatic imine (C=N–C) groups is 1. The van der Waals surface area contributed by atoms with Gasteiger partial charge in [0.25, 0.3) is 0 Å². The lowest BCUT2D eigenvalue weighted by molar-refractivity contribution is -0.0333. The molecule has 2 fully saturated rings. The summed E-state index contributed by atoms with van der Waals surface area (Å²) in [7, 11) is -3.13. The molecule has 0 aromatic carbocycles. The van der Waals surface area contributed by atoms with Crippen LogP contribution in [0.1, 0.15) is 52.4 Å². The van der Waals surface area contributed by atoms with Crippen molar-refractivity contribution in [3.8, 4) is 0 Å². The lowest BCUT2D eigenvalue weighted by Crippen LogP contribution is -2.56. The third-order valence-corrected chi connectivity index (χ3v) is 7.42. The van der Waals surface area contributed by atoms with Gasteiger partial charge in [0.05, 0.1) is 26.0 Å². The van der Waals surface area contributed by atoms with Crippen molar-refractivity contribution in [1.82, 2.24) is 19.8 Å². The van der Waals surface area contributed by atoms with Gasteiger partial charge in [-0.1, -0.05) is 26.2 Å². The Morgan fingerprint density at radius 2 is 1.80 bits per heavy atom. The molecule has 0 aromatic rings. The average molecular weight is 560 g/mol. The van der Waals surface area contributed by atoms with Crippen LogP contribution < -0.4 is 10.6 Å². The molecule has 1 heterocycles. The first-order valence-corrected chi connectivity index (χ1v) is 13.1. The number of halogens is 1. The summed E-state index contributed by atoms with van der Waals surface area (Å²) in [6.07, 6.45) is 8.29. The van der Waals surface area contributed by atoms with E-state index in [1.54, 1.807) is 0 Å². The van der Waals surface area contributed by atoms with Gasteiger partial charge in [-0.2, -0.15) is 0 Å². The van der Waals surface area contributed by atoms with E-state index in [0.29, 0.717) is 19.6 Å². The maximum absolute atomic E-state index is 11.7.